The van der Waals surface area contributed by atoms with Gasteiger partial charge in [-0.25, -0.2) is 4.39 Å². The third-order valence-corrected chi connectivity index (χ3v) is 3.58. The molecule has 0 fully saturated rings. The van der Waals surface area contributed by atoms with E-state index in [0.29, 0.717) is 18.7 Å². The van der Waals surface area contributed by atoms with Crippen molar-refractivity contribution in [1.29, 1.82) is 5.26 Å². The molecule has 4 heteroatoms. The van der Waals surface area contributed by atoms with Crippen molar-refractivity contribution in [3.05, 3.63) is 71.0 Å². The van der Waals surface area contributed by atoms with Crippen molar-refractivity contribution >= 4 is 0 Å². The maximum Gasteiger partial charge on any atom is 0.123 e. The third-order valence-electron chi connectivity index (χ3n) is 3.58. The lowest BCUT2D eigenvalue weighted by Crippen LogP contribution is -2.30. The molecule has 0 radical (unpaired) electrons. The number of halogens is 1. The van der Waals surface area contributed by atoms with E-state index in [9.17, 15) is 4.39 Å². The van der Waals surface area contributed by atoms with E-state index >= 15 is 0 Å². The lowest BCUT2D eigenvalue weighted by atomic mass is 10.1. The highest BCUT2D eigenvalue weighted by atomic mass is 19.1. The standard InChI is InChI=1S/C18H20FN3/c1-22(2)18(16-7-4-8-17(19)10-16)13-21-12-15-6-3-5-14(9-15)11-20/h3-10,18,21H,12-13H2,1-2H3. The summed E-state index contributed by atoms with van der Waals surface area (Å²) in [6.45, 7) is 1.38. The summed E-state index contributed by atoms with van der Waals surface area (Å²) in [5.74, 6) is -0.217. The second-order valence-corrected chi connectivity index (χ2v) is 5.48. The summed E-state index contributed by atoms with van der Waals surface area (Å²) in [7, 11) is 3.96. The van der Waals surface area contributed by atoms with Crippen LogP contribution >= 0.6 is 0 Å². The van der Waals surface area contributed by atoms with E-state index in [1.165, 1.54) is 6.07 Å². The summed E-state index contributed by atoms with van der Waals surface area (Å²) >= 11 is 0. The quantitative estimate of drug-likeness (QED) is 0.890. The highest BCUT2D eigenvalue weighted by Crippen LogP contribution is 2.18. The molecule has 0 bridgehead atoms. The Labute approximate surface area is 131 Å². The van der Waals surface area contributed by atoms with Gasteiger partial charge in [0.2, 0.25) is 0 Å². The second-order valence-electron chi connectivity index (χ2n) is 5.48. The van der Waals surface area contributed by atoms with Crippen LogP contribution in [0.25, 0.3) is 0 Å². The summed E-state index contributed by atoms with van der Waals surface area (Å²) in [5.41, 5.74) is 2.67. The Morgan fingerprint density at radius 1 is 1.18 bits per heavy atom. The molecule has 0 saturated carbocycles. The van der Waals surface area contributed by atoms with Crippen LogP contribution in [0.2, 0.25) is 0 Å². The number of hydrogen-bond donors (Lipinski definition) is 1. The Kier molecular flexibility index (Phi) is 5.65. The van der Waals surface area contributed by atoms with Crippen molar-refractivity contribution in [2.24, 2.45) is 0 Å². The normalized spacial score (nSPS) is 12.1. The number of likely N-dealkylation sites (N-methyl/N-ethyl adjacent to an activating group) is 1. The number of rotatable bonds is 6. The fraction of sp³-hybridized carbons (Fsp3) is 0.278. The molecule has 2 rings (SSSR count). The van der Waals surface area contributed by atoms with Crippen LogP contribution in [0.1, 0.15) is 22.7 Å². The van der Waals surface area contributed by atoms with E-state index < -0.39 is 0 Å². The van der Waals surface area contributed by atoms with Crippen LogP contribution in [0.5, 0.6) is 0 Å². The lowest BCUT2D eigenvalue weighted by molar-refractivity contribution is 0.287. The van der Waals surface area contributed by atoms with Gasteiger partial charge >= 0.3 is 0 Å². The number of benzene rings is 2. The minimum Gasteiger partial charge on any atom is -0.311 e. The number of nitriles is 1. The molecule has 3 nitrogen and oxygen atoms in total. The average Bonchev–Trinajstić information content (AvgIpc) is 2.51. The molecule has 0 spiro atoms. The Morgan fingerprint density at radius 3 is 2.64 bits per heavy atom. The van der Waals surface area contributed by atoms with E-state index in [2.05, 4.69) is 16.3 Å². The van der Waals surface area contributed by atoms with Crippen molar-refractivity contribution in [3.63, 3.8) is 0 Å². The fourth-order valence-corrected chi connectivity index (χ4v) is 2.42. The number of hydrogen-bond acceptors (Lipinski definition) is 3. The summed E-state index contributed by atoms with van der Waals surface area (Å²) in [6.07, 6.45) is 0. The predicted octanol–water partition coefficient (Wildman–Crippen LogP) is 3.09. The van der Waals surface area contributed by atoms with Crippen molar-refractivity contribution in [2.75, 3.05) is 20.6 Å². The smallest absolute Gasteiger partial charge is 0.123 e. The first-order valence-electron chi connectivity index (χ1n) is 7.22. The molecule has 0 amide bonds. The molecule has 114 valence electrons. The summed E-state index contributed by atoms with van der Waals surface area (Å²) in [4.78, 5) is 2.06. The number of nitrogens with one attached hydrogen (secondary N) is 1. The zero-order chi connectivity index (χ0) is 15.9. The van der Waals surface area contributed by atoms with Crippen molar-refractivity contribution in [1.82, 2.24) is 10.2 Å². The van der Waals surface area contributed by atoms with Crippen LogP contribution in [0.4, 0.5) is 4.39 Å². The van der Waals surface area contributed by atoms with E-state index in [1.54, 1.807) is 18.2 Å². The van der Waals surface area contributed by atoms with Crippen molar-refractivity contribution in [2.45, 2.75) is 12.6 Å². The molecule has 0 aliphatic heterocycles. The molecule has 0 heterocycles. The monoisotopic (exact) mass is 297 g/mol. The first-order chi connectivity index (χ1) is 10.6. The number of nitrogens with zero attached hydrogens (tertiary/aromatic N) is 2. The largest absolute Gasteiger partial charge is 0.311 e. The summed E-state index contributed by atoms with van der Waals surface area (Å²) in [6, 6.07) is 16.5. The molecule has 22 heavy (non-hydrogen) atoms. The highest BCUT2D eigenvalue weighted by Gasteiger charge is 2.14. The van der Waals surface area contributed by atoms with Gasteiger partial charge in [0, 0.05) is 19.1 Å². The van der Waals surface area contributed by atoms with Gasteiger partial charge in [0.05, 0.1) is 11.6 Å². The molecule has 0 aliphatic carbocycles. The molecule has 0 aromatic heterocycles. The van der Waals surface area contributed by atoms with Crippen LogP contribution in [-0.2, 0) is 6.54 Å². The predicted molar refractivity (Wildman–Crippen MR) is 85.7 cm³/mol. The fourth-order valence-electron chi connectivity index (χ4n) is 2.42. The molecule has 1 atom stereocenters. The second kappa shape index (κ2) is 7.69. The van der Waals surface area contributed by atoms with Crippen LogP contribution in [-0.4, -0.2) is 25.5 Å². The minimum atomic E-state index is -0.217. The maximum atomic E-state index is 13.4. The molecule has 1 unspecified atom stereocenters. The Hall–Kier alpha value is -2.22. The van der Waals surface area contributed by atoms with Crippen molar-refractivity contribution < 1.29 is 4.39 Å². The van der Waals surface area contributed by atoms with E-state index in [0.717, 1.165) is 11.1 Å². The van der Waals surface area contributed by atoms with Gasteiger partial charge < -0.3 is 10.2 Å². The van der Waals surface area contributed by atoms with Crippen molar-refractivity contribution in [3.8, 4) is 6.07 Å². The van der Waals surface area contributed by atoms with Crippen LogP contribution in [0.3, 0.4) is 0 Å². The van der Waals surface area contributed by atoms with Gasteiger partial charge in [-0.3, -0.25) is 0 Å². The summed E-state index contributed by atoms with van der Waals surface area (Å²) in [5, 5.41) is 12.3. The van der Waals surface area contributed by atoms with Gasteiger partial charge in [0.15, 0.2) is 0 Å². The topological polar surface area (TPSA) is 39.1 Å². The highest BCUT2D eigenvalue weighted by molar-refractivity contribution is 5.32. The first kappa shape index (κ1) is 16.2. The Balaban J connectivity index is 1.99. The van der Waals surface area contributed by atoms with Gasteiger partial charge in [-0.2, -0.15) is 5.26 Å². The molecule has 1 N–H and O–H groups in total. The van der Waals surface area contributed by atoms with Gasteiger partial charge in [-0.15, -0.1) is 0 Å². The minimum absolute atomic E-state index is 0.0925. The van der Waals surface area contributed by atoms with Gasteiger partial charge in [-0.05, 0) is 49.5 Å². The zero-order valence-electron chi connectivity index (χ0n) is 12.9. The van der Waals surface area contributed by atoms with Crippen LogP contribution < -0.4 is 5.32 Å². The Morgan fingerprint density at radius 2 is 1.95 bits per heavy atom. The van der Waals surface area contributed by atoms with Gasteiger partial charge in [0.1, 0.15) is 5.82 Å². The third kappa shape index (κ3) is 4.39. The average molecular weight is 297 g/mol. The summed E-state index contributed by atoms with van der Waals surface area (Å²) < 4.78 is 13.4. The SMILES string of the molecule is CN(C)C(CNCc1cccc(C#N)c1)c1cccc(F)c1. The molecule has 0 aliphatic rings. The van der Waals surface area contributed by atoms with Crippen LogP contribution in [0.15, 0.2) is 48.5 Å². The molecule has 2 aromatic rings. The van der Waals surface area contributed by atoms with E-state index in [-0.39, 0.29) is 11.9 Å². The lowest BCUT2D eigenvalue weighted by Gasteiger charge is -2.25. The molecular weight excluding hydrogens is 277 g/mol. The first-order valence-corrected chi connectivity index (χ1v) is 7.22. The maximum absolute atomic E-state index is 13.4. The molecule has 2 aromatic carbocycles. The zero-order valence-corrected chi connectivity index (χ0v) is 12.9. The van der Waals surface area contributed by atoms with Gasteiger partial charge in [-0.1, -0.05) is 24.3 Å². The molecular formula is C18H20FN3. The molecule has 0 saturated heterocycles. The van der Waals surface area contributed by atoms with E-state index in [4.69, 9.17) is 5.26 Å². The van der Waals surface area contributed by atoms with Gasteiger partial charge in [0.25, 0.3) is 0 Å². The Bertz CT molecular complexity index is 661. The van der Waals surface area contributed by atoms with Crippen LogP contribution in [0, 0.1) is 17.1 Å². The van der Waals surface area contributed by atoms with E-state index in [1.807, 2.05) is 38.4 Å².